The number of carbonyl (C=O) groups excluding carboxylic acids is 1. The Balaban J connectivity index is 1.77. The van der Waals surface area contributed by atoms with E-state index in [0.29, 0.717) is 5.11 Å². The summed E-state index contributed by atoms with van der Waals surface area (Å²) in [7, 11) is 0. The van der Waals surface area contributed by atoms with E-state index in [2.05, 4.69) is 10.4 Å². The van der Waals surface area contributed by atoms with Gasteiger partial charge in [-0.3, -0.25) is 9.69 Å². The van der Waals surface area contributed by atoms with Crippen molar-refractivity contribution in [1.29, 1.82) is 0 Å². The minimum Gasteiger partial charge on any atom is -0.346 e. The number of aromatic nitrogens is 2. The van der Waals surface area contributed by atoms with Crippen LogP contribution in [0, 0.1) is 27.7 Å². The lowest BCUT2D eigenvalue weighted by atomic mass is 10.0. The van der Waals surface area contributed by atoms with Gasteiger partial charge in [0.1, 0.15) is 6.04 Å². The number of hydrogen-bond donors (Lipinski definition) is 1. The quantitative estimate of drug-likeness (QED) is 0.685. The number of rotatable bonds is 3. The van der Waals surface area contributed by atoms with Crippen molar-refractivity contribution >= 4 is 28.9 Å². The second kappa shape index (κ2) is 6.87. The van der Waals surface area contributed by atoms with Gasteiger partial charge in [-0.2, -0.15) is 5.10 Å². The molecule has 2 aromatic carbocycles. The van der Waals surface area contributed by atoms with E-state index >= 15 is 0 Å². The lowest BCUT2D eigenvalue weighted by molar-refractivity contribution is -0.118. The Bertz CT molecular complexity index is 1070. The molecule has 4 rings (SSSR count). The molecule has 0 bridgehead atoms. The zero-order valence-electron chi connectivity index (χ0n) is 16.4. The van der Waals surface area contributed by atoms with Gasteiger partial charge >= 0.3 is 0 Å². The van der Waals surface area contributed by atoms with Crippen molar-refractivity contribution in [2.24, 2.45) is 0 Å². The predicted octanol–water partition coefficient (Wildman–Crippen LogP) is 4.07. The Morgan fingerprint density at radius 3 is 2.25 bits per heavy atom. The first kappa shape index (κ1) is 18.4. The van der Waals surface area contributed by atoms with Gasteiger partial charge in [-0.1, -0.05) is 36.4 Å². The van der Waals surface area contributed by atoms with Crippen molar-refractivity contribution in [3.63, 3.8) is 0 Å². The lowest BCUT2D eigenvalue weighted by Crippen LogP contribution is -2.31. The number of amides is 1. The zero-order valence-corrected chi connectivity index (χ0v) is 17.2. The molecule has 142 valence electrons. The van der Waals surface area contributed by atoms with E-state index in [-0.39, 0.29) is 5.91 Å². The maximum absolute atomic E-state index is 13.4. The molecule has 1 atom stereocenters. The summed E-state index contributed by atoms with van der Waals surface area (Å²) in [5.41, 5.74) is 6.49. The Labute approximate surface area is 170 Å². The van der Waals surface area contributed by atoms with Gasteiger partial charge in [0.25, 0.3) is 5.91 Å². The predicted molar refractivity (Wildman–Crippen MR) is 115 cm³/mol. The number of nitrogens with one attached hydrogen (secondary N) is 1. The summed E-state index contributed by atoms with van der Waals surface area (Å²) in [6.07, 6.45) is 0. The largest absolute Gasteiger partial charge is 0.346 e. The Morgan fingerprint density at radius 2 is 1.61 bits per heavy atom. The molecule has 1 aliphatic rings. The molecule has 6 heteroatoms. The molecular formula is C22H22N4OS. The minimum atomic E-state index is -0.538. The highest BCUT2D eigenvalue weighted by molar-refractivity contribution is 7.80. The smallest absolute Gasteiger partial charge is 0.260 e. The average molecular weight is 391 g/mol. The first-order chi connectivity index (χ1) is 13.4. The van der Waals surface area contributed by atoms with Gasteiger partial charge in [0.05, 0.1) is 17.1 Å². The summed E-state index contributed by atoms with van der Waals surface area (Å²) >= 11 is 5.55. The Morgan fingerprint density at radius 1 is 0.964 bits per heavy atom. The third kappa shape index (κ3) is 2.81. The van der Waals surface area contributed by atoms with Crippen LogP contribution >= 0.6 is 12.2 Å². The molecule has 1 aliphatic heterocycles. The summed E-state index contributed by atoms with van der Waals surface area (Å²) in [6, 6.07) is 15.4. The Kier molecular flexibility index (Phi) is 4.51. The average Bonchev–Trinajstić information content (AvgIpc) is 3.12. The van der Waals surface area contributed by atoms with Crippen LogP contribution < -0.4 is 10.2 Å². The highest BCUT2D eigenvalue weighted by atomic mass is 32.1. The third-order valence-electron chi connectivity index (χ3n) is 5.24. The maximum Gasteiger partial charge on any atom is 0.260 e. The maximum atomic E-state index is 13.4. The fraction of sp³-hybridized carbons (Fsp3) is 0.227. The van der Waals surface area contributed by atoms with Crippen molar-refractivity contribution in [1.82, 2.24) is 15.1 Å². The molecule has 0 aliphatic carbocycles. The van der Waals surface area contributed by atoms with Crippen LogP contribution in [0.1, 0.15) is 34.1 Å². The van der Waals surface area contributed by atoms with Crippen LogP contribution in [0.3, 0.4) is 0 Å². The van der Waals surface area contributed by atoms with E-state index in [1.807, 2.05) is 80.9 Å². The van der Waals surface area contributed by atoms with E-state index in [0.717, 1.165) is 39.5 Å². The first-order valence-corrected chi connectivity index (χ1v) is 9.63. The van der Waals surface area contributed by atoms with Crippen molar-refractivity contribution in [2.75, 3.05) is 4.90 Å². The van der Waals surface area contributed by atoms with E-state index in [4.69, 9.17) is 12.2 Å². The number of nitrogens with zero attached hydrogens (tertiary/aromatic N) is 3. The van der Waals surface area contributed by atoms with E-state index < -0.39 is 6.04 Å². The van der Waals surface area contributed by atoms with Crippen LogP contribution in [0.5, 0.6) is 0 Å². The van der Waals surface area contributed by atoms with Crippen LogP contribution in [0.2, 0.25) is 0 Å². The first-order valence-electron chi connectivity index (χ1n) is 9.22. The van der Waals surface area contributed by atoms with Gasteiger partial charge in [0, 0.05) is 11.3 Å². The molecule has 0 spiro atoms. The monoisotopic (exact) mass is 390 g/mol. The highest BCUT2D eigenvalue weighted by Gasteiger charge is 2.41. The minimum absolute atomic E-state index is 0.0683. The molecule has 0 unspecified atom stereocenters. The molecule has 1 aromatic heterocycles. The van der Waals surface area contributed by atoms with Crippen LogP contribution in [0.25, 0.3) is 5.69 Å². The Hall–Kier alpha value is -2.99. The van der Waals surface area contributed by atoms with Crippen LogP contribution in [0.15, 0.2) is 48.5 Å². The SMILES string of the molecule is Cc1cccc(C)c1N1C(=O)[C@H](c2c(C)nn(-c3ccccc3)c2C)NC1=S. The number of para-hydroxylation sites is 2. The molecule has 1 N–H and O–H groups in total. The number of benzene rings is 2. The number of anilines is 1. The summed E-state index contributed by atoms with van der Waals surface area (Å²) in [4.78, 5) is 15.0. The van der Waals surface area contributed by atoms with E-state index in [1.165, 1.54) is 0 Å². The highest BCUT2D eigenvalue weighted by Crippen LogP contribution is 2.34. The number of hydrogen-bond acceptors (Lipinski definition) is 3. The normalized spacial score (nSPS) is 16.6. The summed E-state index contributed by atoms with van der Waals surface area (Å²) in [6.45, 7) is 7.91. The molecule has 28 heavy (non-hydrogen) atoms. The topological polar surface area (TPSA) is 50.2 Å². The molecule has 0 saturated carbocycles. The fourth-order valence-electron chi connectivity index (χ4n) is 3.94. The zero-order chi connectivity index (χ0) is 20.0. The van der Waals surface area contributed by atoms with Gasteiger partial charge in [-0.25, -0.2) is 4.68 Å². The van der Waals surface area contributed by atoms with Crippen molar-refractivity contribution in [2.45, 2.75) is 33.7 Å². The molecule has 1 amide bonds. The van der Waals surface area contributed by atoms with Crippen molar-refractivity contribution in [3.8, 4) is 5.69 Å². The van der Waals surface area contributed by atoms with Gasteiger partial charge in [-0.05, 0) is 63.2 Å². The van der Waals surface area contributed by atoms with Crippen molar-refractivity contribution < 1.29 is 4.79 Å². The molecule has 3 aromatic rings. The lowest BCUT2D eigenvalue weighted by Gasteiger charge is -2.20. The standard InChI is InChI=1S/C22H22N4OS/c1-13-9-8-10-14(2)20(13)25-21(27)19(23-22(25)28)18-15(3)24-26(16(18)4)17-11-6-5-7-12-17/h5-12,19H,1-4H3,(H,23,28)/t19-/m0/s1. The number of carbonyl (C=O) groups is 1. The van der Waals surface area contributed by atoms with E-state index in [1.54, 1.807) is 4.90 Å². The summed E-state index contributed by atoms with van der Waals surface area (Å²) < 4.78 is 1.88. The van der Waals surface area contributed by atoms with Gasteiger partial charge in [0.2, 0.25) is 0 Å². The molecule has 2 heterocycles. The van der Waals surface area contributed by atoms with Crippen LogP contribution in [-0.2, 0) is 4.79 Å². The summed E-state index contributed by atoms with van der Waals surface area (Å²) in [5.74, 6) is -0.0683. The third-order valence-corrected chi connectivity index (χ3v) is 5.54. The van der Waals surface area contributed by atoms with E-state index in [9.17, 15) is 4.79 Å². The van der Waals surface area contributed by atoms with Crippen molar-refractivity contribution in [3.05, 3.63) is 76.6 Å². The summed E-state index contributed by atoms with van der Waals surface area (Å²) in [5, 5.41) is 8.33. The molecule has 1 fully saturated rings. The molecule has 0 radical (unpaired) electrons. The molecular weight excluding hydrogens is 368 g/mol. The van der Waals surface area contributed by atoms with Gasteiger partial charge < -0.3 is 5.32 Å². The van der Waals surface area contributed by atoms with Gasteiger partial charge in [0.15, 0.2) is 5.11 Å². The molecule has 1 saturated heterocycles. The molecule has 5 nitrogen and oxygen atoms in total. The van der Waals surface area contributed by atoms with Gasteiger partial charge in [-0.15, -0.1) is 0 Å². The fourth-order valence-corrected chi connectivity index (χ4v) is 4.24. The van der Waals surface area contributed by atoms with Crippen LogP contribution in [-0.4, -0.2) is 20.8 Å². The second-order valence-electron chi connectivity index (χ2n) is 7.13. The number of aryl methyl sites for hydroxylation is 3. The number of thiocarbonyl (C=S) groups is 1. The van der Waals surface area contributed by atoms with Crippen LogP contribution in [0.4, 0.5) is 5.69 Å². The second-order valence-corrected chi connectivity index (χ2v) is 7.52.